The van der Waals surface area contributed by atoms with E-state index in [9.17, 15) is 9.59 Å². The third-order valence-electron chi connectivity index (χ3n) is 4.60. The molecule has 0 aromatic heterocycles. The van der Waals surface area contributed by atoms with E-state index in [1.807, 2.05) is 40.7 Å². The van der Waals surface area contributed by atoms with E-state index in [2.05, 4.69) is 0 Å². The Balaban J connectivity index is 1.88. The standard InChI is InChI=1S/C18H28O4/c1-17(2,3)22-16(20)15-13(18(15,4)5)10-11-14(19)21-12-8-6-7-9-12/h10-13,15H,6-9H2,1-5H3. The average molecular weight is 308 g/mol. The zero-order chi connectivity index (χ0) is 16.5. The van der Waals surface area contributed by atoms with Crippen molar-refractivity contribution in [2.24, 2.45) is 17.3 Å². The Hall–Kier alpha value is -1.32. The molecule has 0 bridgehead atoms. The third kappa shape index (κ3) is 4.11. The first-order valence-corrected chi connectivity index (χ1v) is 8.23. The Bertz CT molecular complexity index is 464. The van der Waals surface area contributed by atoms with Crippen LogP contribution in [0.25, 0.3) is 0 Å². The van der Waals surface area contributed by atoms with E-state index >= 15 is 0 Å². The van der Waals surface area contributed by atoms with Crippen LogP contribution in [0.15, 0.2) is 12.2 Å². The second kappa shape index (κ2) is 6.05. The quantitative estimate of drug-likeness (QED) is 0.587. The van der Waals surface area contributed by atoms with Gasteiger partial charge < -0.3 is 9.47 Å². The van der Waals surface area contributed by atoms with Crippen molar-refractivity contribution in [3.05, 3.63) is 12.2 Å². The summed E-state index contributed by atoms with van der Waals surface area (Å²) in [7, 11) is 0. The van der Waals surface area contributed by atoms with E-state index in [4.69, 9.17) is 9.47 Å². The second-order valence-electron chi connectivity index (χ2n) is 8.06. The van der Waals surface area contributed by atoms with Gasteiger partial charge in [0.15, 0.2) is 0 Å². The number of hydrogen-bond acceptors (Lipinski definition) is 4. The van der Waals surface area contributed by atoms with Gasteiger partial charge in [-0.25, -0.2) is 4.79 Å². The summed E-state index contributed by atoms with van der Waals surface area (Å²) >= 11 is 0. The molecule has 2 saturated carbocycles. The second-order valence-corrected chi connectivity index (χ2v) is 8.06. The topological polar surface area (TPSA) is 52.6 Å². The minimum atomic E-state index is -0.481. The van der Waals surface area contributed by atoms with E-state index in [1.54, 1.807) is 0 Å². The highest BCUT2D eigenvalue weighted by Crippen LogP contribution is 2.59. The summed E-state index contributed by atoms with van der Waals surface area (Å²) in [5, 5.41) is 0. The molecular formula is C18H28O4. The van der Waals surface area contributed by atoms with Gasteiger partial charge in [0.05, 0.1) is 5.92 Å². The highest BCUT2D eigenvalue weighted by molar-refractivity contribution is 5.83. The normalized spacial score (nSPS) is 27.9. The largest absolute Gasteiger partial charge is 0.460 e. The van der Waals surface area contributed by atoms with Crippen molar-refractivity contribution < 1.29 is 19.1 Å². The summed E-state index contributed by atoms with van der Waals surface area (Å²) in [6.07, 6.45) is 7.58. The molecule has 0 heterocycles. The lowest BCUT2D eigenvalue weighted by molar-refractivity contribution is -0.157. The monoisotopic (exact) mass is 308 g/mol. The number of carbonyl (C=O) groups excluding carboxylic acids is 2. The molecule has 2 rings (SSSR count). The summed E-state index contributed by atoms with van der Waals surface area (Å²) < 4.78 is 10.8. The van der Waals surface area contributed by atoms with Crippen LogP contribution in [0.3, 0.4) is 0 Å². The van der Waals surface area contributed by atoms with Crippen LogP contribution >= 0.6 is 0 Å². The summed E-state index contributed by atoms with van der Waals surface area (Å²) in [5.74, 6) is -0.616. The SMILES string of the molecule is CC(C)(C)OC(=O)C1C(C=CC(=O)OC2CCCC2)C1(C)C. The van der Waals surface area contributed by atoms with Crippen molar-refractivity contribution >= 4 is 11.9 Å². The molecule has 4 nitrogen and oxygen atoms in total. The number of esters is 2. The lowest BCUT2D eigenvalue weighted by atomic mass is 10.1. The Morgan fingerprint density at radius 3 is 2.27 bits per heavy atom. The summed E-state index contributed by atoms with van der Waals surface area (Å²) in [5.41, 5.74) is -0.641. The lowest BCUT2D eigenvalue weighted by Crippen LogP contribution is -2.26. The van der Waals surface area contributed by atoms with E-state index < -0.39 is 5.60 Å². The van der Waals surface area contributed by atoms with Crippen molar-refractivity contribution in [2.45, 2.75) is 72.0 Å². The zero-order valence-corrected chi connectivity index (χ0v) is 14.3. The number of ether oxygens (including phenoxy) is 2. The van der Waals surface area contributed by atoms with Crippen LogP contribution in [-0.4, -0.2) is 23.6 Å². The average Bonchev–Trinajstić information content (AvgIpc) is 2.72. The van der Waals surface area contributed by atoms with Gasteiger partial charge in [0.1, 0.15) is 11.7 Å². The molecule has 2 aliphatic carbocycles. The summed E-state index contributed by atoms with van der Waals surface area (Å²) in [6.45, 7) is 9.65. The molecule has 0 spiro atoms. The number of allylic oxidation sites excluding steroid dienone is 1. The highest BCUT2D eigenvalue weighted by atomic mass is 16.6. The van der Waals surface area contributed by atoms with Gasteiger partial charge >= 0.3 is 11.9 Å². The molecule has 0 amide bonds. The number of hydrogen-bond donors (Lipinski definition) is 0. The molecule has 0 N–H and O–H groups in total. The first-order chi connectivity index (χ1) is 10.1. The Labute approximate surface area is 133 Å². The molecule has 0 aromatic carbocycles. The van der Waals surface area contributed by atoms with Crippen molar-refractivity contribution in [3.63, 3.8) is 0 Å². The van der Waals surface area contributed by atoms with Gasteiger partial charge in [-0.2, -0.15) is 0 Å². The van der Waals surface area contributed by atoms with Crippen molar-refractivity contribution in [3.8, 4) is 0 Å². The van der Waals surface area contributed by atoms with Crippen LogP contribution in [0, 0.1) is 17.3 Å². The van der Waals surface area contributed by atoms with E-state index in [0.29, 0.717) is 0 Å². The fourth-order valence-electron chi connectivity index (χ4n) is 3.24. The zero-order valence-electron chi connectivity index (χ0n) is 14.3. The van der Waals surface area contributed by atoms with Crippen LogP contribution in [0.5, 0.6) is 0 Å². The fourth-order valence-corrected chi connectivity index (χ4v) is 3.24. The Kier molecular flexibility index (Phi) is 4.69. The van der Waals surface area contributed by atoms with E-state index in [-0.39, 0.29) is 35.3 Å². The maximum Gasteiger partial charge on any atom is 0.330 e. The van der Waals surface area contributed by atoms with E-state index in [0.717, 1.165) is 25.7 Å². The molecule has 0 aliphatic heterocycles. The van der Waals surface area contributed by atoms with Gasteiger partial charge in [-0.3, -0.25) is 4.79 Å². The predicted molar refractivity (Wildman–Crippen MR) is 84.1 cm³/mol. The van der Waals surface area contributed by atoms with Gasteiger partial charge in [-0.05, 0) is 57.8 Å². The Morgan fingerprint density at radius 1 is 1.14 bits per heavy atom. The summed E-state index contributed by atoms with van der Waals surface area (Å²) in [6, 6.07) is 0. The number of carbonyl (C=O) groups is 2. The Morgan fingerprint density at radius 2 is 1.73 bits per heavy atom. The van der Waals surface area contributed by atoms with Crippen LogP contribution in [0.4, 0.5) is 0 Å². The van der Waals surface area contributed by atoms with Crippen LogP contribution in [-0.2, 0) is 19.1 Å². The molecule has 2 fully saturated rings. The van der Waals surface area contributed by atoms with Crippen LogP contribution in [0.2, 0.25) is 0 Å². The third-order valence-corrected chi connectivity index (χ3v) is 4.60. The maximum atomic E-state index is 12.2. The minimum Gasteiger partial charge on any atom is -0.460 e. The molecule has 0 radical (unpaired) electrons. The van der Waals surface area contributed by atoms with Crippen molar-refractivity contribution in [2.75, 3.05) is 0 Å². The molecule has 2 atom stereocenters. The maximum absolute atomic E-state index is 12.2. The lowest BCUT2D eigenvalue weighted by Gasteiger charge is -2.19. The predicted octanol–water partition coefficient (Wildman–Crippen LogP) is 3.64. The smallest absolute Gasteiger partial charge is 0.330 e. The number of rotatable bonds is 4. The molecule has 124 valence electrons. The molecule has 2 unspecified atom stereocenters. The van der Waals surface area contributed by atoms with Crippen molar-refractivity contribution in [1.29, 1.82) is 0 Å². The van der Waals surface area contributed by atoms with Crippen LogP contribution < -0.4 is 0 Å². The van der Waals surface area contributed by atoms with Crippen molar-refractivity contribution in [1.82, 2.24) is 0 Å². The van der Waals surface area contributed by atoms with Gasteiger partial charge in [0.25, 0.3) is 0 Å². The first-order valence-electron chi connectivity index (χ1n) is 8.23. The fraction of sp³-hybridized carbons (Fsp3) is 0.778. The molecule has 0 aromatic rings. The van der Waals surface area contributed by atoms with E-state index in [1.165, 1.54) is 6.08 Å². The first kappa shape index (κ1) is 17.0. The minimum absolute atomic E-state index is 0.0403. The molecular weight excluding hydrogens is 280 g/mol. The molecule has 2 aliphatic rings. The highest BCUT2D eigenvalue weighted by Gasteiger charge is 2.61. The molecule has 0 saturated heterocycles. The van der Waals surface area contributed by atoms with Crippen LogP contribution in [0.1, 0.15) is 60.3 Å². The molecule has 22 heavy (non-hydrogen) atoms. The van der Waals surface area contributed by atoms with Gasteiger partial charge in [0.2, 0.25) is 0 Å². The van der Waals surface area contributed by atoms with Gasteiger partial charge in [-0.1, -0.05) is 19.9 Å². The van der Waals surface area contributed by atoms with Gasteiger partial charge in [-0.15, -0.1) is 0 Å². The van der Waals surface area contributed by atoms with Gasteiger partial charge in [0, 0.05) is 6.08 Å². The molecule has 4 heteroatoms. The summed E-state index contributed by atoms with van der Waals surface area (Å²) in [4.78, 5) is 24.0.